The van der Waals surface area contributed by atoms with E-state index in [1.54, 1.807) is 11.1 Å². The number of hydrogen-bond donors (Lipinski definition) is 1. The van der Waals surface area contributed by atoms with Gasteiger partial charge in [0.1, 0.15) is 0 Å². The Labute approximate surface area is 120 Å². The highest BCUT2D eigenvalue weighted by Crippen LogP contribution is 2.42. The monoisotopic (exact) mass is 279 g/mol. The van der Waals surface area contributed by atoms with E-state index in [0.29, 0.717) is 24.9 Å². The fourth-order valence-electron chi connectivity index (χ4n) is 2.53. The lowest BCUT2D eigenvalue weighted by Crippen LogP contribution is -2.33. The quantitative estimate of drug-likeness (QED) is 0.829. The molecular formula is C15H25N3O2. The molecule has 1 heterocycles. The van der Waals surface area contributed by atoms with Gasteiger partial charge in [0.2, 0.25) is 0 Å². The maximum Gasteiger partial charge on any atom is 0.257 e. The van der Waals surface area contributed by atoms with Crippen LogP contribution in [0.3, 0.4) is 0 Å². The Hall–Kier alpha value is -1.36. The maximum absolute atomic E-state index is 12.6. The van der Waals surface area contributed by atoms with E-state index < -0.39 is 0 Å². The molecule has 0 aromatic carbocycles. The van der Waals surface area contributed by atoms with Crippen LogP contribution in [0.1, 0.15) is 55.6 Å². The van der Waals surface area contributed by atoms with E-state index in [9.17, 15) is 4.79 Å². The summed E-state index contributed by atoms with van der Waals surface area (Å²) in [7, 11) is 0. The van der Waals surface area contributed by atoms with Crippen molar-refractivity contribution < 1.29 is 9.90 Å². The predicted octanol–water partition coefficient (Wildman–Crippen LogP) is 1.87. The summed E-state index contributed by atoms with van der Waals surface area (Å²) in [6, 6.07) is 0. The van der Waals surface area contributed by atoms with Crippen molar-refractivity contribution in [1.82, 2.24) is 14.7 Å². The molecule has 0 unspecified atom stereocenters. The minimum absolute atomic E-state index is 0.00143. The van der Waals surface area contributed by atoms with Gasteiger partial charge in [-0.15, -0.1) is 0 Å². The van der Waals surface area contributed by atoms with Crippen molar-refractivity contribution in [3.05, 3.63) is 17.5 Å². The van der Waals surface area contributed by atoms with Crippen LogP contribution in [0.25, 0.3) is 0 Å². The third kappa shape index (κ3) is 3.20. The number of likely N-dealkylation sites (N-methyl/N-ethyl adjacent to an activating group) is 1. The second kappa shape index (κ2) is 6.39. The molecule has 1 N–H and O–H groups in total. The number of aliphatic hydroxyl groups excluding tert-OH is 1. The Morgan fingerprint density at radius 3 is 2.75 bits per heavy atom. The first kappa shape index (κ1) is 15.0. The summed E-state index contributed by atoms with van der Waals surface area (Å²) in [5, 5.41) is 13.5. The standard InChI is InChI=1S/C15H25N3O2/c1-4-17(7-8-19)15(20)13-9-16-18(10-11(2)3)14(13)12-5-6-12/h9,11-12,19H,4-8,10H2,1-3H3. The molecule has 1 aromatic heterocycles. The van der Waals surface area contributed by atoms with Gasteiger partial charge in [0, 0.05) is 25.6 Å². The van der Waals surface area contributed by atoms with Crippen LogP contribution in [0.5, 0.6) is 0 Å². The Morgan fingerprint density at radius 1 is 1.55 bits per heavy atom. The first-order valence-electron chi connectivity index (χ1n) is 7.54. The van der Waals surface area contributed by atoms with Gasteiger partial charge < -0.3 is 10.0 Å². The molecule has 0 bridgehead atoms. The lowest BCUT2D eigenvalue weighted by Gasteiger charge is -2.20. The fourth-order valence-corrected chi connectivity index (χ4v) is 2.53. The maximum atomic E-state index is 12.6. The molecule has 1 aromatic rings. The number of amides is 1. The molecule has 0 spiro atoms. The molecular weight excluding hydrogens is 254 g/mol. The molecule has 0 saturated heterocycles. The normalized spacial score (nSPS) is 14.8. The summed E-state index contributed by atoms with van der Waals surface area (Å²) in [6.07, 6.45) is 4.00. The predicted molar refractivity (Wildman–Crippen MR) is 77.7 cm³/mol. The first-order chi connectivity index (χ1) is 9.58. The smallest absolute Gasteiger partial charge is 0.257 e. The van der Waals surface area contributed by atoms with Crippen LogP contribution in [0.15, 0.2) is 6.20 Å². The van der Waals surface area contributed by atoms with E-state index in [2.05, 4.69) is 18.9 Å². The number of carbonyl (C=O) groups is 1. The molecule has 0 radical (unpaired) electrons. The van der Waals surface area contributed by atoms with E-state index >= 15 is 0 Å². The number of aliphatic hydroxyl groups is 1. The van der Waals surface area contributed by atoms with E-state index in [4.69, 9.17) is 5.11 Å². The SMILES string of the molecule is CCN(CCO)C(=O)c1cnn(CC(C)C)c1C1CC1. The van der Waals surface area contributed by atoms with Crippen molar-refractivity contribution in [1.29, 1.82) is 0 Å². The van der Waals surface area contributed by atoms with Gasteiger partial charge in [-0.25, -0.2) is 0 Å². The summed E-state index contributed by atoms with van der Waals surface area (Å²) in [5.41, 5.74) is 1.82. The molecule has 1 aliphatic rings. The minimum atomic E-state index is -0.00151. The number of aromatic nitrogens is 2. The molecule has 1 amide bonds. The summed E-state index contributed by atoms with van der Waals surface area (Å²) in [4.78, 5) is 14.3. The lowest BCUT2D eigenvalue weighted by atomic mass is 10.1. The van der Waals surface area contributed by atoms with E-state index in [-0.39, 0.29) is 12.5 Å². The Bertz CT molecular complexity index is 464. The number of rotatable bonds is 7. The van der Waals surface area contributed by atoms with Crippen LogP contribution in [0.2, 0.25) is 0 Å². The fraction of sp³-hybridized carbons (Fsp3) is 0.733. The van der Waals surface area contributed by atoms with Gasteiger partial charge in [0.05, 0.1) is 24.1 Å². The molecule has 1 aliphatic carbocycles. The van der Waals surface area contributed by atoms with Crippen LogP contribution < -0.4 is 0 Å². The topological polar surface area (TPSA) is 58.4 Å². The molecule has 1 fully saturated rings. The summed E-state index contributed by atoms with van der Waals surface area (Å²) < 4.78 is 2.00. The van der Waals surface area contributed by atoms with Crippen LogP contribution in [-0.2, 0) is 6.54 Å². The van der Waals surface area contributed by atoms with Gasteiger partial charge in [-0.1, -0.05) is 13.8 Å². The van der Waals surface area contributed by atoms with Crippen LogP contribution >= 0.6 is 0 Å². The van der Waals surface area contributed by atoms with E-state index in [1.807, 2.05) is 11.6 Å². The number of hydrogen-bond acceptors (Lipinski definition) is 3. The van der Waals surface area contributed by atoms with Crippen molar-refractivity contribution in [2.45, 2.75) is 46.1 Å². The molecule has 5 nitrogen and oxygen atoms in total. The van der Waals surface area contributed by atoms with Gasteiger partial charge in [0.25, 0.3) is 5.91 Å². The Kier molecular flexibility index (Phi) is 4.81. The van der Waals surface area contributed by atoms with E-state index in [0.717, 1.165) is 30.6 Å². The second-order valence-electron chi connectivity index (χ2n) is 5.90. The zero-order valence-electron chi connectivity index (χ0n) is 12.7. The van der Waals surface area contributed by atoms with Gasteiger partial charge in [-0.2, -0.15) is 5.10 Å². The van der Waals surface area contributed by atoms with Gasteiger partial charge in [0.15, 0.2) is 0 Å². The van der Waals surface area contributed by atoms with Gasteiger partial charge >= 0.3 is 0 Å². The second-order valence-corrected chi connectivity index (χ2v) is 5.90. The van der Waals surface area contributed by atoms with Crippen molar-refractivity contribution in [2.75, 3.05) is 19.7 Å². The largest absolute Gasteiger partial charge is 0.395 e. The van der Waals surface area contributed by atoms with Crippen molar-refractivity contribution in [2.24, 2.45) is 5.92 Å². The van der Waals surface area contributed by atoms with Gasteiger partial charge in [-0.3, -0.25) is 9.48 Å². The highest BCUT2D eigenvalue weighted by molar-refractivity contribution is 5.95. The Balaban J connectivity index is 2.26. The molecule has 20 heavy (non-hydrogen) atoms. The molecule has 1 saturated carbocycles. The Morgan fingerprint density at radius 2 is 2.25 bits per heavy atom. The molecule has 0 aliphatic heterocycles. The van der Waals surface area contributed by atoms with Crippen molar-refractivity contribution in [3.8, 4) is 0 Å². The highest BCUT2D eigenvalue weighted by Gasteiger charge is 2.33. The minimum Gasteiger partial charge on any atom is -0.395 e. The summed E-state index contributed by atoms with van der Waals surface area (Å²) >= 11 is 0. The van der Waals surface area contributed by atoms with Crippen molar-refractivity contribution in [3.63, 3.8) is 0 Å². The molecule has 112 valence electrons. The van der Waals surface area contributed by atoms with Gasteiger partial charge in [-0.05, 0) is 25.7 Å². The average molecular weight is 279 g/mol. The zero-order chi connectivity index (χ0) is 14.7. The van der Waals surface area contributed by atoms with Crippen LogP contribution in [0.4, 0.5) is 0 Å². The van der Waals surface area contributed by atoms with Crippen LogP contribution in [0, 0.1) is 5.92 Å². The number of nitrogens with zero attached hydrogens (tertiary/aromatic N) is 3. The first-order valence-corrected chi connectivity index (χ1v) is 7.54. The van der Waals surface area contributed by atoms with Crippen LogP contribution in [-0.4, -0.2) is 45.4 Å². The van der Waals surface area contributed by atoms with E-state index in [1.165, 1.54) is 0 Å². The highest BCUT2D eigenvalue weighted by atomic mass is 16.3. The summed E-state index contributed by atoms with van der Waals surface area (Å²) in [6.45, 7) is 8.09. The molecule has 2 rings (SSSR count). The zero-order valence-corrected chi connectivity index (χ0v) is 12.7. The third-order valence-electron chi connectivity index (χ3n) is 3.65. The third-order valence-corrected chi connectivity index (χ3v) is 3.65. The van der Waals surface area contributed by atoms with Crippen molar-refractivity contribution >= 4 is 5.91 Å². The lowest BCUT2D eigenvalue weighted by molar-refractivity contribution is 0.0730. The summed E-state index contributed by atoms with van der Waals surface area (Å²) in [5.74, 6) is 0.997. The molecule has 5 heteroatoms. The molecule has 0 atom stereocenters. The number of carbonyl (C=O) groups excluding carboxylic acids is 1. The average Bonchev–Trinajstić information content (AvgIpc) is 3.16.